The van der Waals surface area contributed by atoms with Gasteiger partial charge in [-0.3, -0.25) is 52.7 Å². The second-order valence-electron chi connectivity index (χ2n) is 26.3. The largest absolute Gasteiger partial charge is 0.351 e. The third-order valence-electron chi connectivity index (χ3n) is 17.6. The molecular weight excluding hydrogens is 1130 g/mol. The Balaban J connectivity index is 2.14. The Hall–Kier alpha value is -5.25. The van der Waals surface area contributed by atoms with Gasteiger partial charge in [0, 0.05) is 72.6 Å². The molecule has 0 aromatic rings. The van der Waals surface area contributed by atoms with E-state index in [1.165, 1.54) is 99.5 Å². The minimum atomic E-state index is -1.62. The van der Waals surface area contributed by atoms with Gasteiger partial charge in [0.1, 0.15) is 41.8 Å². The van der Waals surface area contributed by atoms with Crippen LogP contribution in [0.5, 0.6) is 0 Å². The second kappa shape index (κ2) is 33.8. The lowest BCUT2D eigenvalue weighted by Crippen LogP contribution is -2.63. The summed E-state index contributed by atoms with van der Waals surface area (Å²) < 4.78 is 0. The second-order valence-corrected chi connectivity index (χ2v) is 27.5. The summed E-state index contributed by atoms with van der Waals surface area (Å²) in [5.74, 6) is -6.90. The van der Waals surface area contributed by atoms with Crippen LogP contribution in [0.4, 0.5) is 0 Å². The van der Waals surface area contributed by atoms with E-state index < -0.39 is 138 Å². The van der Waals surface area contributed by atoms with Crippen molar-refractivity contribution >= 4 is 88.2 Å². The Bertz CT molecular complexity index is 2340. The molecule has 484 valence electrons. The molecule has 2 saturated carbocycles. The first-order valence-electron chi connectivity index (χ1n) is 30.8. The SMILES string of the molecule is CC[C@H](C)[C@@H]1NC(=O)[C@H](C)N(C)C(=O)C[C@@H](C)NC(=O)[C@H](CC(C)C)N(C)C(=O)C(C)(C)NC(=O)[C@H](CC(C)C)N(C)C(=O)[C@H](CCC2CCCC(Cl)C2)NC(=O)CN(C)C(=O)[C@H](CC2CCC(Cl)CC2)N(C)C(=O)CN(C)C(=O)CN(C)C1=O. The predicted molar refractivity (Wildman–Crippen MR) is 329 cm³/mol. The smallest absolute Gasteiger partial charge is 0.248 e. The first kappa shape index (κ1) is 74.0. The van der Waals surface area contributed by atoms with Crippen molar-refractivity contribution < 1.29 is 52.7 Å². The standard InChI is InChI=1S/C61H105Cl2N11O11/c1-18-38(6)53-59(84)70(13)34-51(77)68(11)35-52(78)72(15)48(32-42-22-25-43(62)26-23-42)58(83)69(12)33-49(75)65-45(27-24-41-20-19-21-44(63)31-41)57(82)73(16)47(29-37(4)5)56(81)67-61(9,10)60(85)74(17)46(28-36(2)3)55(80)64-39(7)30-50(76)71(14)40(8)54(79)66-53/h36-48,53H,18-35H2,1-17H3,(H,64,80)(H,65,75)(H,66,79)(H,67,81)/t38-,39+,40-,41?,42?,43?,44?,45-,46-,47-,48-,53-/m0/s1. The Morgan fingerprint density at radius 3 is 1.67 bits per heavy atom. The maximum absolute atomic E-state index is 15.0. The van der Waals surface area contributed by atoms with Gasteiger partial charge in [-0.25, -0.2) is 0 Å². The minimum absolute atomic E-state index is 0.00611. The highest BCUT2D eigenvalue weighted by atomic mass is 35.5. The number of likely N-dealkylation sites (N-methyl/N-ethyl adjacent to an activating group) is 7. The van der Waals surface area contributed by atoms with Gasteiger partial charge in [0.25, 0.3) is 0 Å². The zero-order valence-corrected chi connectivity index (χ0v) is 55.7. The molecule has 3 fully saturated rings. The van der Waals surface area contributed by atoms with Gasteiger partial charge in [0.05, 0.1) is 19.6 Å². The van der Waals surface area contributed by atoms with E-state index in [9.17, 15) is 52.7 Å². The first-order valence-corrected chi connectivity index (χ1v) is 31.7. The third kappa shape index (κ3) is 22.1. The van der Waals surface area contributed by atoms with E-state index in [4.69, 9.17) is 23.2 Å². The van der Waals surface area contributed by atoms with E-state index in [2.05, 4.69) is 21.3 Å². The number of hydrogen-bond donors (Lipinski definition) is 4. The summed E-state index contributed by atoms with van der Waals surface area (Å²) in [4.78, 5) is 166. The number of carbonyl (C=O) groups is 11. The maximum Gasteiger partial charge on any atom is 0.248 e. The molecule has 11 amide bonds. The zero-order valence-electron chi connectivity index (χ0n) is 54.2. The van der Waals surface area contributed by atoms with Crippen molar-refractivity contribution in [1.82, 2.24) is 55.6 Å². The molecule has 1 heterocycles. The number of amides is 11. The Labute approximate surface area is 517 Å². The van der Waals surface area contributed by atoms with E-state index in [-0.39, 0.29) is 66.5 Å². The summed E-state index contributed by atoms with van der Waals surface area (Å²) >= 11 is 13.1. The van der Waals surface area contributed by atoms with Crippen LogP contribution in [-0.2, 0) is 52.7 Å². The maximum atomic E-state index is 15.0. The summed E-state index contributed by atoms with van der Waals surface area (Å²) in [6.45, 7) is 15.9. The number of alkyl halides is 2. The van der Waals surface area contributed by atoms with E-state index in [0.717, 1.165) is 30.6 Å². The van der Waals surface area contributed by atoms with Crippen LogP contribution in [0.1, 0.15) is 166 Å². The highest BCUT2D eigenvalue weighted by Gasteiger charge is 2.43. The van der Waals surface area contributed by atoms with E-state index >= 15 is 0 Å². The van der Waals surface area contributed by atoms with Crippen molar-refractivity contribution in [2.75, 3.05) is 69.0 Å². The lowest BCUT2D eigenvalue weighted by molar-refractivity contribution is -0.149. The zero-order chi connectivity index (χ0) is 64.5. The van der Waals surface area contributed by atoms with Crippen molar-refractivity contribution in [3.63, 3.8) is 0 Å². The highest BCUT2D eigenvalue weighted by Crippen LogP contribution is 2.33. The molecule has 0 bridgehead atoms. The number of halogens is 2. The van der Waals surface area contributed by atoms with Gasteiger partial charge in [-0.05, 0) is 128 Å². The van der Waals surface area contributed by atoms with Crippen LogP contribution in [0.15, 0.2) is 0 Å². The van der Waals surface area contributed by atoms with Crippen molar-refractivity contribution in [2.24, 2.45) is 29.6 Å². The Kier molecular flexibility index (Phi) is 29.4. The van der Waals surface area contributed by atoms with Gasteiger partial charge in [-0.2, -0.15) is 0 Å². The highest BCUT2D eigenvalue weighted by molar-refractivity contribution is 6.20. The molecule has 0 aromatic carbocycles. The lowest BCUT2D eigenvalue weighted by Gasteiger charge is -2.38. The molecule has 0 spiro atoms. The summed E-state index contributed by atoms with van der Waals surface area (Å²) in [6.07, 6.45) is 7.84. The van der Waals surface area contributed by atoms with Crippen molar-refractivity contribution in [3.8, 4) is 0 Å². The molecular formula is C61H105Cl2N11O11. The fraction of sp³-hybridized carbons (Fsp3) is 0.820. The molecule has 24 heteroatoms. The molecule has 2 unspecified atom stereocenters. The number of nitrogens with zero attached hydrogens (tertiary/aromatic N) is 7. The van der Waals surface area contributed by atoms with Crippen LogP contribution < -0.4 is 21.3 Å². The molecule has 10 atom stereocenters. The number of hydrogen-bond acceptors (Lipinski definition) is 11. The fourth-order valence-electron chi connectivity index (χ4n) is 11.6. The summed E-state index contributed by atoms with van der Waals surface area (Å²) in [7, 11) is 10.1. The molecule has 3 rings (SSSR count). The van der Waals surface area contributed by atoms with Crippen LogP contribution in [0.25, 0.3) is 0 Å². The third-order valence-corrected chi connectivity index (χ3v) is 18.4. The van der Waals surface area contributed by atoms with E-state index in [1.807, 2.05) is 34.6 Å². The minimum Gasteiger partial charge on any atom is -0.351 e. The van der Waals surface area contributed by atoms with Crippen LogP contribution >= 0.6 is 23.2 Å². The van der Waals surface area contributed by atoms with Crippen LogP contribution in [-0.4, -0.2) is 227 Å². The first-order chi connectivity index (χ1) is 39.5. The average Bonchev–Trinajstić information content (AvgIpc) is 3.19. The molecule has 1 saturated heterocycles. The van der Waals surface area contributed by atoms with E-state index in [0.29, 0.717) is 38.5 Å². The Morgan fingerprint density at radius 1 is 0.541 bits per heavy atom. The van der Waals surface area contributed by atoms with Crippen LogP contribution in [0, 0.1) is 29.6 Å². The molecule has 85 heavy (non-hydrogen) atoms. The van der Waals surface area contributed by atoms with Gasteiger partial charge < -0.3 is 55.6 Å². The van der Waals surface area contributed by atoms with Crippen molar-refractivity contribution in [3.05, 3.63) is 0 Å². The topological polar surface area (TPSA) is 259 Å². The normalized spacial score (nSPS) is 29.9. The lowest BCUT2D eigenvalue weighted by atomic mass is 9.84. The summed E-state index contributed by atoms with van der Waals surface area (Å²) in [5, 5.41) is 11.4. The summed E-state index contributed by atoms with van der Waals surface area (Å²) in [5.41, 5.74) is -1.62. The predicted octanol–water partition coefficient (Wildman–Crippen LogP) is 4.37. The van der Waals surface area contributed by atoms with Gasteiger partial charge >= 0.3 is 0 Å². The Morgan fingerprint density at radius 2 is 1.11 bits per heavy atom. The quantitative estimate of drug-likeness (QED) is 0.211. The molecule has 1 aliphatic heterocycles. The van der Waals surface area contributed by atoms with Gasteiger partial charge in [-0.15, -0.1) is 23.2 Å². The van der Waals surface area contributed by atoms with Crippen molar-refractivity contribution in [1.29, 1.82) is 0 Å². The van der Waals surface area contributed by atoms with E-state index in [1.54, 1.807) is 13.8 Å². The van der Waals surface area contributed by atoms with Gasteiger partial charge in [-0.1, -0.05) is 60.8 Å². The van der Waals surface area contributed by atoms with Crippen LogP contribution in [0.2, 0.25) is 0 Å². The van der Waals surface area contributed by atoms with Crippen molar-refractivity contribution in [2.45, 2.75) is 224 Å². The fourth-order valence-corrected chi connectivity index (χ4v) is 12.3. The molecule has 3 aliphatic rings. The van der Waals surface area contributed by atoms with Crippen LogP contribution in [0.3, 0.4) is 0 Å². The number of nitrogens with one attached hydrogen (secondary N) is 4. The molecule has 2 aliphatic carbocycles. The van der Waals surface area contributed by atoms with Gasteiger partial charge in [0.2, 0.25) is 65.0 Å². The number of carbonyl (C=O) groups excluding carboxylic acids is 11. The molecule has 0 radical (unpaired) electrons. The molecule has 4 N–H and O–H groups in total. The molecule has 0 aromatic heterocycles. The summed E-state index contributed by atoms with van der Waals surface area (Å²) in [6, 6.07) is -7.35. The monoisotopic (exact) mass is 1240 g/mol. The number of rotatable bonds is 11. The van der Waals surface area contributed by atoms with Gasteiger partial charge in [0.15, 0.2) is 0 Å². The average molecular weight is 1240 g/mol. The molecule has 22 nitrogen and oxygen atoms in total.